The molecule has 3 heterocycles. The van der Waals surface area contributed by atoms with Gasteiger partial charge in [0.2, 0.25) is 0 Å². The minimum atomic E-state index is -1.62. The van der Waals surface area contributed by atoms with Gasteiger partial charge in [0.1, 0.15) is 34.7 Å². The van der Waals surface area contributed by atoms with Crippen LogP contribution >= 0.6 is 0 Å². The first-order valence-corrected chi connectivity index (χ1v) is 19.8. The van der Waals surface area contributed by atoms with Crippen LogP contribution in [-0.4, -0.2) is 61.1 Å². The van der Waals surface area contributed by atoms with Gasteiger partial charge >= 0.3 is 11.9 Å². The third kappa shape index (κ3) is 7.99. The Balaban J connectivity index is 1.47. The van der Waals surface area contributed by atoms with Crippen LogP contribution in [0.5, 0.6) is 17.2 Å². The number of esters is 2. The van der Waals surface area contributed by atoms with E-state index in [0.29, 0.717) is 59.9 Å². The molecule has 1 fully saturated rings. The molecule has 10 nitrogen and oxygen atoms in total. The molecule has 0 saturated heterocycles. The second-order valence-corrected chi connectivity index (χ2v) is 16.0. The lowest BCUT2D eigenvalue weighted by molar-refractivity contribution is -0.176. The summed E-state index contributed by atoms with van der Waals surface area (Å²) in [6.45, 7) is 3.42. The maximum absolute atomic E-state index is 14.8. The number of phenols is 2. The fraction of sp³-hybridized carbons (Fsp3) is 0.457. The van der Waals surface area contributed by atoms with Crippen LogP contribution < -0.4 is 4.74 Å². The lowest BCUT2D eigenvalue weighted by Gasteiger charge is -2.45. The number of hydrogen-bond acceptors (Lipinski definition) is 10. The van der Waals surface area contributed by atoms with Gasteiger partial charge in [-0.15, -0.1) is 0 Å². The number of aromatic hydroxyl groups is 2. The molecule has 1 saturated carbocycles. The summed E-state index contributed by atoms with van der Waals surface area (Å²) in [4.78, 5) is 41.3. The number of carbonyl (C=O) groups excluding carboxylic acids is 3. The first-order chi connectivity index (χ1) is 26.9. The first kappa shape index (κ1) is 39.3. The Morgan fingerprint density at radius 2 is 1.68 bits per heavy atom. The molecule has 1 aliphatic carbocycles. The van der Waals surface area contributed by atoms with E-state index in [4.69, 9.17) is 9.47 Å². The zero-order chi connectivity index (χ0) is 39.7. The molecule has 0 aromatic heterocycles. The van der Waals surface area contributed by atoms with Gasteiger partial charge in [0.05, 0.1) is 25.0 Å². The van der Waals surface area contributed by atoms with Crippen LogP contribution in [0.4, 0.5) is 0 Å². The summed E-state index contributed by atoms with van der Waals surface area (Å²) in [6.07, 6.45) is 1.68. The van der Waals surface area contributed by atoms with E-state index in [-0.39, 0.29) is 79.7 Å². The summed E-state index contributed by atoms with van der Waals surface area (Å²) in [7, 11) is 0. The molecule has 10 heteroatoms. The van der Waals surface area contributed by atoms with Crippen molar-refractivity contribution in [3.63, 3.8) is 0 Å². The van der Waals surface area contributed by atoms with Crippen LogP contribution in [-0.2, 0) is 51.4 Å². The molecule has 294 valence electrons. The molecular formula is C46H50O10. The van der Waals surface area contributed by atoms with Crippen molar-refractivity contribution in [1.82, 2.24) is 0 Å². The number of ether oxygens (including phenoxy) is 2. The fourth-order valence-electron chi connectivity index (χ4n) is 9.32. The monoisotopic (exact) mass is 762 g/mol. The first-order valence-electron chi connectivity index (χ1n) is 19.8. The van der Waals surface area contributed by atoms with Crippen molar-refractivity contribution in [1.29, 1.82) is 0 Å². The van der Waals surface area contributed by atoms with Gasteiger partial charge < -0.3 is 35.0 Å². The zero-order valence-electron chi connectivity index (χ0n) is 31.9. The van der Waals surface area contributed by atoms with Gasteiger partial charge in [-0.3, -0.25) is 9.59 Å². The van der Waals surface area contributed by atoms with E-state index in [2.05, 4.69) is 11.8 Å². The molecule has 0 unspecified atom stereocenters. The van der Waals surface area contributed by atoms with Crippen molar-refractivity contribution in [3.05, 3.63) is 99.1 Å². The third-order valence-electron chi connectivity index (χ3n) is 12.1. The Morgan fingerprint density at radius 1 is 0.911 bits per heavy atom. The molecule has 4 aliphatic rings. The van der Waals surface area contributed by atoms with Crippen molar-refractivity contribution < 1.29 is 49.4 Å². The minimum Gasteiger partial charge on any atom is -0.508 e. The lowest BCUT2D eigenvalue weighted by Crippen LogP contribution is -2.54. The van der Waals surface area contributed by atoms with E-state index < -0.39 is 47.5 Å². The summed E-state index contributed by atoms with van der Waals surface area (Å²) in [6, 6.07) is 14.1. The van der Waals surface area contributed by atoms with Gasteiger partial charge in [0, 0.05) is 47.8 Å². The van der Waals surface area contributed by atoms with Gasteiger partial charge in [-0.2, -0.15) is 0 Å². The molecule has 56 heavy (non-hydrogen) atoms. The molecule has 0 radical (unpaired) electrons. The number of carbonyl (C=O) groups is 3. The normalized spacial score (nSPS) is 27.8. The van der Waals surface area contributed by atoms with Crippen LogP contribution in [0.2, 0.25) is 0 Å². The SMILES string of the molecule is CCC[C@@]1(O)[C@H]2CCC(=O)[C@H](Cc3cccc(c3)C[C@H](O)C=C3C[C@@H](c4cc(O)cc(CO)c4)C#C[C@H]4CC(=O)Oc5c4cc(c(O)c5CC)C[C@H]1OC3=O)C2. The van der Waals surface area contributed by atoms with Gasteiger partial charge in [-0.25, -0.2) is 4.79 Å². The molecule has 3 aromatic rings. The maximum Gasteiger partial charge on any atom is 0.334 e. The molecule has 7 rings (SSSR count). The molecular weight excluding hydrogens is 712 g/mol. The molecule has 0 spiro atoms. The van der Waals surface area contributed by atoms with Crippen molar-refractivity contribution >= 4 is 17.7 Å². The van der Waals surface area contributed by atoms with E-state index in [0.717, 1.165) is 11.1 Å². The molecule has 7 atom stereocenters. The van der Waals surface area contributed by atoms with Crippen molar-refractivity contribution in [2.45, 2.75) is 121 Å². The van der Waals surface area contributed by atoms with E-state index in [9.17, 15) is 39.9 Å². The second-order valence-electron chi connectivity index (χ2n) is 16.0. The van der Waals surface area contributed by atoms with Crippen molar-refractivity contribution in [2.24, 2.45) is 11.8 Å². The average molecular weight is 763 g/mol. The van der Waals surface area contributed by atoms with Crippen LogP contribution in [0.1, 0.15) is 110 Å². The largest absolute Gasteiger partial charge is 0.508 e. The number of hydrogen-bond donors (Lipinski definition) is 5. The number of aliphatic hydroxyl groups is 3. The van der Waals surface area contributed by atoms with Crippen molar-refractivity contribution in [2.75, 3.05) is 0 Å². The number of rotatable bonds is 5. The predicted molar refractivity (Wildman–Crippen MR) is 207 cm³/mol. The number of Topliss-reactive ketones (excluding diaryl/α,β-unsaturated/α-hetero) is 1. The van der Waals surface area contributed by atoms with Gasteiger partial charge in [-0.1, -0.05) is 62.4 Å². The van der Waals surface area contributed by atoms with Crippen LogP contribution in [0, 0.1) is 23.7 Å². The molecule has 3 aliphatic heterocycles. The predicted octanol–water partition coefficient (Wildman–Crippen LogP) is 5.79. The van der Waals surface area contributed by atoms with Gasteiger partial charge in [-0.05, 0) is 96.5 Å². The number of ketones is 1. The molecule has 5 N–H and O–H groups in total. The molecule has 8 bridgehead atoms. The van der Waals surface area contributed by atoms with Crippen LogP contribution in [0.3, 0.4) is 0 Å². The Bertz CT molecular complexity index is 2120. The van der Waals surface area contributed by atoms with Gasteiger partial charge in [0.25, 0.3) is 0 Å². The lowest BCUT2D eigenvalue weighted by atomic mass is 9.66. The average Bonchev–Trinajstić information content (AvgIpc) is 3.17. The van der Waals surface area contributed by atoms with E-state index in [1.165, 1.54) is 18.2 Å². The van der Waals surface area contributed by atoms with Crippen LogP contribution in [0.25, 0.3) is 0 Å². The number of phenolic OH excluding ortho intramolecular Hbond substituents is 2. The van der Waals surface area contributed by atoms with Crippen molar-refractivity contribution in [3.8, 4) is 29.1 Å². The summed E-state index contributed by atoms with van der Waals surface area (Å²) in [5.41, 5.74) is 2.55. The Morgan fingerprint density at radius 3 is 2.43 bits per heavy atom. The molecule has 3 aromatic carbocycles. The second kappa shape index (κ2) is 16.3. The fourth-order valence-corrected chi connectivity index (χ4v) is 9.32. The number of aliphatic hydroxyl groups excluding tert-OH is 2. The standard InChI is InChI=1S/C46H50O10/c1-3-12-46(54)35-10-11-40(50)32(19-35)14-26-6-5-7-27(13-26)16-36(48)21-34-18-29(31-15-28(25-47)17-37(49)20-31)8-9-30-24-42(51)56-44-38(4-2)43(52)33(22-39(30)44)23-41(46)55-45(34)53/h5-7,13,15,17,20-22,29-30,32,35-36,41,47-49,52,54H,3-4,10-12,14,16,18-19,23-25H2,1-2H3/t29-,30-,32+,35-,36-,41+,46+/m0/s1. The van der Waals surface area contributed by atoms with E-state index >= 15 is 0 Å². The smallest absolute Gasteiger partial charge is 0.334 e. The molecule has 0 amide bonds. The third-order valence-corrected chi connectivity index (χ3v) is 12.1. The zero-order valence-corrected chi connectivity index (χ0v) is 31.9. The summed E-state index contributed by atoms with van der Waals surface area (Å²) in [5.74, 6) is 3.14. The highest BCUT2D eigenvalue weighted by Crippen LogP contribution is 2.47. The van der Waals surface area contributed by atoms with Gasteiger partial charge in [0.15, 0.2) is 0 Å². The summed E-state index contributed by atoms with van der Waals surface area (Å²) < 4.78 is 12.2. The summed E-state index contributed by atoms with van der Waals surface area (Å²) >= 11 is 0. The highest BCUT2D eigenvalue weighted by molar-refractivity contribution is 5.89. The Kier molecular flexibility index (Phi) is 11.4. The number of benzene rings is 3. The Labute approximate surface area is 327 Å². The highest BCUT2D eigenvalue weighted by Gasteiger charge is 2.49. The topological polar surface area (TPSA) is 171 Å². The highest BCUT2D eigenvalue weighted by atomic mass is 16.6. The number of fused-ring (bicyclic) bond motifs is 8. The van der Waals surface area contributed by atoms with Crippen LogP contribution in [0.15, 0.2) is 60.2 Å². The summed E-state index contributed by atoms with van der Waals surface area (Å²) in [5, 5.41) is 57.2. The quantitative estimate of drug-likeness (QED) is 0.122. The maximum atomic E-state index is 14.8. The van der Waals surface area contributed by atoms with E-state index in [1.54, 1.807) is 12.1 Å². The van der Waals surface area contributed by atoms with E-state index in [1.807, 2.05) is 38.1 Å². The Hall–Kier alpha value is -4.95. The minimum absolute atomic E-state index is 0.0708.